The Morgan fingerprint density at radius 2 is 1.77 bits per heavy atom. The third-order valence-corrected chi connectivity index (χ3v) is 3.32. The van der Waals surface area contributed by atoms with Gasteiger partial charge in [-0.25, -0.2) is 0 Å². The Kier molecular flexibility index (Phi) is 1.78. The molecule has 4 nitrogen and oxygen atoms in total. The number of hydrogen-bond donors (Lipinski definition) is 2. The molecule has 2 aliphatic carbocycles. The van der Waals surface area contributed by atoms with Crippen LogP contribution in [0, 0.1) is 23.7 Å². The van der Waals surface area contributed by atoms with Gasteiger partial charge >= 0.3 is 11.9 Å². The smallest absolute Gasteiger partial charge is 0.307 e. The van der Waals surface area contributed by atoms with Crippen LogP contribution in [0.15, 0.2) is 0 Å². The van der Waals surface area contributed by atoms with Crippen molar-refractivity contribution in [3.8, 4) is 0 Å². The van der Waals surface area contributed by atoms with Crippen molar-refractivity contribution in [3.05, 3.63) is 0 Å². The Hall–Kier alpha value is -1.06. The van der Waals surface area contributed by atoms with E-state index in [1.54, 1.807) is 0 Å². The van der Waals surface area contributed by atoms with E-state index in [1.807, 2.05) is 0 Å². The van der Waals surface area contributed by atoms with Gasteiger partial charge in [-0.05, 0) is 31.1 Å². The van der Waals surface area contributed by atoms with Gasteiger partial charge in [-0.1, -0.05) is 0 Å². The topological polar surface area (TPSA) is 74.6 Å². The van der Waals surface area contributed by atoms with Crippen LogP contribution < -0.4 is 0 Å². The van der Waals surface area contributed by atoms with Crippen LogP contribution in [0.4, 0.5) is 0 Å². The molecule has 0 amide bonds. The van der Waals surface area contributed by atoms with Gasteiger partial charge in [0.25, 0.3) is 0 Å². The zero-order chi connectivity index (χ0) is 9.59. The van der Waals surface area contributed by atoms with Gasteiger partial charge in [-0.15, -0.1) is 0 Å². The van der Waals surface area contributed by atoms with Crippen LogP contribution in [0.1, 0.15) is 19.3 Å². The first-order valence-corrected chi connectivity index (χ1v) is 4.57. The van der Waals surface area contributed by atoms with Crippen LogP contribution >= 0.6 is 0 Å². The van der Waals surface area contributed by atoms with E-state index in [2.05, 4.69) is 0 Å². The lowest BCUT2D eigenvalue weighted by Gasteiger charge is -2.24. The normalized spacial score (nSPS) is 42.2. The van der Waals surface area contributed by atoms with Gasteiger partial charge in [0, 0.05) is 0 Å². The second kappa shape index (κ2) is 2.72. The van der Waals surface area contributed by atoms with E-state index in [9.17, 15) is 9.59 Å². The van der Waals surface area contributed by atoms with E-state index >= 15 is 0 Å². The highest BCUT2D eigenvalue weighted by Gasteiger charge is 2.54. The summed E-state index contributed by atoms with van der Waals surface area (Å²) in [6, 6.07) is 0. The molecule has 4 unspecified atom stereocenters. The molecular formula is C9H12O4. The molecule has 2 fully saturated rings. The highest BCUT2D eigenvalue weighted by Crippen LogP contribution is 2.54. The standard InChI is InChI=1S/C9H12O4/c10-8(11)5-2-1-4-3-6(4)7(5)9(12)13/h4-7H,1-3H2,(H,10,11)(H,12,13). The fraction of sp³-hybridized carbons (Fsp3) is 0.778. The van der Waals surface area contributed by atoms with Crippen molar-refractivity contribution in [2.75, 3.05) is 0 Å². The van der Waals surface area contributed by atoms with Gasteiger partial charge in [-0.2, -0.15) is 0 Å². The lowest BCUT2D eigenvalue weighted by atomic mass is 9.79. The van der Waals surface area contributed by atoms with E-state index in [0.717, 1.165) is 12.8 Å². The molecule has 4 atom stereocenters. The largest absolute Gasteiger partial charge is 0.481 e. The molecule has 2 saturated carbocycles. The fourth-order valence-electron chi connectivity index (χ4n) is 2.55. The van der Waals surface area contributed by atoms with Crippen molar-refractivity contribution >= 4 is 11.9 Å². The first-order chi connectivity index (χ1) is 6.11. The molecule has 72 valence electrons. The first kappa shape index (κ1) is 8.53. The summed E-state index contributed by atoms with van der Waals surface area (Å²) in [6.07, 6.45) is 2.35. The third kappa shape index (κ3) is 1.30. The summed E-state index contributed by atoms with van der Waals surface area (Å²) in [5.74, 6) is -2.51. The van der Waals surface area contributed by atoms with Crippen molar-refractivity contribution in [2.24, 2.45) is 23.7 Å². The lowest BCUT2D eigenvalue weighted by Crippen LogP contribution is -2.34. The van der Waals surface area contributed by atoms with Gasteiger partial charge in [0.15, 0.2) is 0 Å². The zero-order valence-electron chi connectivity index (χ0n) is 7.14. The summed E-state index contributed by atoms with van der Waals surface area (Å²) in [5, 5.41) is 17.7. The third-order valence-electron chi connectivity index (χ3n) is 3.32. The molecule has 0 aromatic carbocycles. The summed E-state index contributed by atoms with van der Waals surface area (Å²) in [5.41, 5.74) is 0. The molecule has 0 heterocycles. The Morgan fingerprint density at radius 1 is 1.08 bits per heavy atom. The van der Waals surface area contributed by atoms with Crippen LogP contribution in [0.5, 0.6) is 0 Å². The second-order valence-corrected chi connectivity index (χ2v) is 4.05. The van der Waals surface area contributed by atoms with Crippen molar-refractivity contribution < 1.29 is 19.8 Å². The molecule has 0 aromatic heterocycles. The van der Waals surface area contributed by atoms with E-state index in [4.69, 9.17) is 10.2 Å². The summed E-state index contributed by atoms with van der Waals surface area (Å²) in [4.78, 5) is 21.6. The number of carboxylic acids is 2. The number of fused-ring (bicyclic) bond motifs is 1. The van der Waals surface area contributed by atoms with Crippen LogP contribution in [0.25, 0.3) is 0 Å². The van der Waals surface area contributed by atoms with Gasteiger partial charge < -0.3 is 10.2 Å². The lowest BCUT2D eigenvalue weighted by molar-refractivity contribution is -0.156. The molecule has 0 spiro atoms. The average molecular weight is 184 g/mol. The monoisotopic (exact) mass is 184 g/mol. The number of hydrogen-bond acceptors (Lipinski definition) is 2. The average Bonchev–Trinajstić information content (AvgIpc) is 2.79. The Balaban J connectivity index is 2.16. The quantitative estimate of drug-likeness (QED) is 0.666. The summed E-state index contributed by atoms with van der Waals surface area (Å²) >= 11 is 0. The molecule has 0 aliphatic heterocycles. The summed E-state index contributed by atoms with van der Waals surface area (Å²) < 4.78 is 0. The number of rotatable bonds is 2. The maximum Gasteiger partial charge on any atom is 0.307 e. The molecular weight excluding hydrogens is 172 g/mol. The Labute approximate surface area is 75.6 Å². The van der Waals surface area contributed by atoms with Crippen molar-refractivity contribution in [1.29, 1.82) is 0 Å². The summed E-state index contributed by atoms with van der Waals surface area (Å²) in [7, 11) is 0. The first-order valence-electron chi connectivity index (χ1n) is 4.57. The SMILES string of the molecule is O=C(O)C1CCC2CC2C1C(=O)O. The van der Waals surface area contributed by atoms with Gasteiger partial charge in [0.05, 0.1) is 11.8 Å². The maximum atomic E-state index is 10.8. The minimum Gasteiger partial charge on any atom is -0.481 e. The zero-order valence-corrected chi connectivity index (χ0v) is 7.14. The van der Waals surface area contributed by atoms with Crippen molar-refractivity contribution in [3.63, 3.8) is 0 Å². The number of aliphatic carboxylic acids is 2. The number of carbonyl (C=O) groups is 2. The maximum absolute atomic E-state index is 10.8. The van der Waals surface area contributed by atoms with Gasteiger partial charge in [0.2, 0.25) is 0 Å². The van der Waals surface area contributed by atoms with E-state index in [-0.39, 0.29) is 5.92 Å². The summed E-state index contributed by atoms with van der Waals surface area (Å²) in [6.45, 7) is 0. The van der Waals surface area contributed by atoms with Crippen molar-refractivity contribution in [2.45, 2.75) is 19.3 Å². The predicted octanol–water partition coefficient (Wildman–Crippen LogP) is 0.818. The van der Waals surface area contributed by atoms with E-state index in [1.165, 1.54) is 0 Å². The molecule has 0 saturated heterocycles. The minimum atomic E-state index is -0.947. The van der Waals surface area contributed by atoms with Crippen LogP contribution in [0.3, 0.4) is 0 Å². The molecule has 0 radical (unpaired) electrons. The second-order valence-electron chi connectivity index (χ2n) is 4.05. The molecule has 2 aliphatic rings. The minimum absolute atomic E-state index is 0.146. The molecule has 2 rings (SSSR count). The Bertz CT molecular complexity index is 260. The van der Waals surface area contributed by atoms with Crippen molar-refractivity contribution in [1.82, 2.24) is 0 Å². The highest BCUT2D eigenvalue weighted by molar-refractivity contribution is 5.81. The fourth-order valence-corrected chi connectivity index (χ4v) is 2.55. The van der Waals surface area contributed by atoms with Gasteiger partial charge in [0.1, 0.15) is 0 Å². The molecule has 0 aromatic rings. The van der Waals surface area contributed by atoms with Crippen LogP contribution in [-0.4, -0.2) is 22.2 Å². The molecule has 4 heteroatoms. The van der Waals surface area contributed by atoms with Gasteiger partial charge in [-0.3, -0.25) is 9.59 Å². The van der Waals surface area contributed by atoms with Crippen LogP contribution in [0.2, 0.25) is 0 Å². The number of carboxylic acid groups (broad SMARTS) is 2. The van der Waals surface area contributed by atoms with E-state index < -0.39 is 23.8 Å². The molecule has 0 bridgehead atoms. The molecule has 2 N–H and O–H groups in total. The Morgan fingerprint density at radius 3 is 2.31 bits per heavy atom. The highest BCUT2D eigenvalue weighted by atomic mass is 16.4. The van der Waals surface area contributed by atoms with E-state index in [0.29, 0.717) is 12.3 Å². The molecule has 13 heavy (non-hydrogen) atoms. The predicted molar refractivity (Wildman–Crippen MR) is 43.1 cm³/mol. The van der Waals surface area contributed by atoms with Crippen LogP contribution in [-0.2, 0) is 9.59 Å².